The predicted octanol–water partition coefficient (Wildman–Crippen LogP) is 7.87. The van der Waals surface area contributed by atoms with Crippen LogP contribution in [-0.4, -0.2) is 67.4 Å². The third-order valence-corrected chi connectivity index (χ3v) is 12.0. The van der Waals surface area contributed by atoms with Gasteiger partial charge in [-0.3, -0.25) is 9.59 Å². The van der Waals surface area contributed by atoms with Gasteiger partial charge in [0.2, 0.25) is 11.8 Å². The number of carboxylic acid groups (broad SMARTS) is 2. The molecule has 4 atom stereocenters. The first-order valence-electron chi connectivity index (χ1n) is 16.6. The Balaban J connectivity index is 0.981. The second-order valence-corrected chi connectivity index (χ2v) is 14.7. The predicted molar refractivity (Wildman–Crippen MR) is 192 cm³/mol. The minimum Gasteiger partial charge on any atom is -0.480 e. The van der Waals surface area contributed by atoms with Gasteiger partial charge in [-0.15, -0.1) is 23.5 Å². The highest BCUT2D eigenvalue weighted by Crippen LogP contribution is 2.45. The average Bonchev–Trinajstić information content (AvgIpc) is 3.75. The highest BCUT2D eigenvalue weighted by atomic mass is 32.2. The Bertz CT molecular complexity index is 1670. The summed E-state index contributed by atoms with van der Waals surface area (Å²) in [6.45, 7) is 0. The largest absolute Gasteiger partial charge is 0.480 e. The Labute approximate surface area is 288 Å². The molecule has 2 amide bonds. The van der Waals surface area contributed by atoms with Crippen LogP contribution in [0.3, 0.4) is 0 Å². The zero-order valence-electron chi connectivity index (χ0n) is 26.7. The van der Waals surface area contributed by atoms with Gasteiger partial charge >= 0.3 is 11.9 Å². The summed E-state index contributed by atoms with van der Waals surface area (Å²) in [6, 6.07) is 26.2. The molecule has 2 N–H and O–H groups in total. The number of unbranched alkanes of at least 4 members (excludes halogenated alkanes) is 5. The van der Waals surface area contributed by atoms with Gasteiger partial charge in [0.15, 0.2) is 0 Å². The Morgan fingerprint density at radius 3 is 1.33 bits per heavy atom. The molecule has 2 unspecified atom stereocenters. The molecule has 0 saturated carbocycles. The number of fused-ring (bicyclic) bond motifs is 2. The fraction of sp³-hybridized carbons (Fsp3) is 0.368. The lowest BCUT2D eigenvalue weighted by Gasteiger charge is -2.28. The standard InChI is InChI=1S/C38H40N2O6S2/c41-33(39-31(37(43)44)23-47-35(39)29-19-11-15-25-13-7-9-17-27(25)29)21-5-3-1-2-4-6-22-34(42)40-32(38(45)46)24-48-36(40)30-20-12-16-26-14-8-10-18-28(26)30/h7-20,31-32,35-36H,1-6,21-24H2,(H,43,44)(H,45,46)/t31-,32-,35?,36?/m0/s1. The Morgan fingerprint density at radius 1 is 0.542 bits per heavy atom. The van der Waals surface area contributed by atoms with E-state index in [0.717, 1.165) is 58.4 Å². The maximum Gasteiger partial charge on any atom is 0.327 e. The number of rotatable bonds is 13. The van der Waals surface area contributed by atoms with Crippen LogP contribution in [0, 0.1) is 0 Å². The first kappa shape index (κ1) is 33.9. The van der Waals surface area contributed by atoms with Gasteiger partial charge in [-0.05, 0) is 45.5 Å². The van der Waals surface area contributed by atoms with Crippen LogP contribution in [0.1, 0.15) is 73.2 Å². The van der Waals surface area contributed by atoms with E-state index in [1.807, 2.05) is 84.9 Å². The van der Waals surface area contributed by atoms with E-state index in [1.54, 1.807) is 9.80 Å². The fourth-order valence-corrected chi connectivity index (χ4v) is 9.89. The molecule has 4 aromatic carbocycles. The molecule has 0 radical (unpaired) electrons. The fourth-order valence-electron chi connectivity index (χ4n) is 6.93. The second kappa shape index (κ2) is 15.5. The van der Waals surface area contributed by atoms with Crippen molar-refractivity contribution in [2.24, 2.45) is 0 Å². The molecule has 250 valence electrons. The van der Waals surface area contributed by atoms with Gasteiger partial charge in [-0.1, -0.05) is 111 Å². The number of thioether (sulfide) groups is 2. The monoisotopic (exact) mass is 684 g/mol. The summed E-state index contributed by atoms with van der Waals surface area (Å²) < 4.78 is 0. The number of carbonyl (C=O) groups excluding carboxylic acids is 2. The molecule has 4 aromatic rings. The van der Waals surface area contributed by atoms with Gasteiger partial charge in [-0.2, -0.15) is 0 Å². The highest BCUT2D eigenvalue weighted by Gasteiger charge is 2.43. The van der Waals surface area contributed by atoms with Crippen molar-refractivity contribution in [3.05, 3.63) is 96.1 Å². The lowest BCUT2D eigenvalue weighted by Crippen LogP contribution is -2.42. The summed E-state index contributed by atoms with van der Waals surface area (Å²) in [5, 5.41) is 23.3. The third-order valence-electron chi connectivity index (χ3n) is 9.36. The van der Waals surface area contributed by atoms with Gasteiger partial charge in [-0.25, -0.2) is 9.59 Å². The second-order valence-electron chi connectivity index (χ2n) is 12.4. The van der Waals surface area contributed by atoms with Gasteiger partial charge in [0, 0.05) is 24.3 Å². The van der Waals surface area contributed by atoms with E-state index in [-0.39, 0.29) is 22.6 Å². The van der Waals surface area contributed by atoms with Crippen molar-refractivity contribution in [1.29, 1.82) is 0 Å². The van der Waals surface area contributed by atoms with Crippen LogP contribution in [0.4, 0.5) is 0 Å². The molecule has 2 fully saturated rings. The van der Waals surface area contributed by atoms with Gasteiger partial charge in [0.25, 0.3) is 0 Å². The number of hydrogen-bond donors (Lipinski definition) is 2. The smallest absolute Gasteiger partial charge is 0.327 e. The van der Waals surface area contributed by atoms with Crippen LogP contribution in [0.15, 0.2) is 84.9 Å². The van der Waals surface area contributed by atoms with E-state index in [2.05, 4.69) is 0 Å². The number of carbonyl (C=O) groups is 4. The lowest BCUT2D eigenvalue weighted by molar-refractivity contribution is -0.149. The van der Waals surface area contributed by atoms with Crippen molar-refractivity contribution >= 4 is 68.8 Å². The number of benzene rings is 4. The normalized spacial score (nSPS) is 20.8. The molecule has 0 aliphatic carbocycles. The Morgan fingerprint density at radius 2 is 0.917 bits per heavy atom. The maximum atomic E-state index is 13.5. The molecule has 2 heterocycles. The van der Waals surface area contributed by atoms with Crippen molar-refractivity contribution < 1.29 is 29.4 Å². The van der Waals surface area contributed by atoms with Gasteiger partial charge in [0.05, 0.1) is 0 Å². The first-order chi connectivity index (χ1) is 23.3. The van der Waals surface area contributed by atoms with Crippen LogP contribution < -0.4 is 0 Å². The molecule has 2 saturated heterocycles. The molecule has 8 nitrogen and oxygen atoms in total. The van der Waals surface area contributed by atoms with Crippen molar-refractivity contribution in [2.75, 3.05) is 11.5 Å². The third kappa shape index (κ3) is 7.20. The van der Waals surface area contributed by atoms with E-state index >= 15 is 0 Å². The van der Waals surface area contributed by atoms with E-state index in [9.17, 15) is 29.4 Å². The van der Waals surface area contributed by atoms with Crippen molar-refractivity contribution in [3.8, 4) is 0 Å². The van der Waals surface area contributed by atoms with E-state index in [1.165, 1.54) is 23.5 Å². The van der Waals surface area contributed by atoms with Crippen LogP contribution >= 0.6 is 23.5 Å². The van der Waals surface area contributed by atoms with Crippen LogP contribution in [-0.2, 0) is 19.2 Å². The number of nitrogens with zero attached hydrogens (tertiary/aromatic N) is 2. The minimum atomic E-state index is -0.973. The summed E-state index contributed by atoms with van der Waals surface area (Å²) in [4.78, 5) is 54.3. The van der Waals surface area contributed by atoms with E-state index in [0.29, 0.717) is 37.2 Å². The minimum absolute atomic E-state index is 0.131. The van der Waals surface area contributed by atoms with Crippen molar-refractivity contribution in [2.45, 2.75) is 74.2 Å². The average molecular weight is 685 g/mol. The zero-order valence-corrected chi connectivity index (χ0v) is 28.3. The molecule has 0 aromatic heterocycles. The molecule has 6 rings (SSSR count). The van der Waals surface area contributed by atoms with Crippen LogP contribution in [0.25, 0.3) is 21.5 Å². The van der Waals surface area contributed by atoms with Crippen LogP contribution in [0.5, 0.6) is 0 Å². The summed E-state index contributed by atoms with van der Waals surface area (Å²) in [5.74, 6) is -1.49. The highest BCUT2D eigenvalue weighted by molar-refractivity contribution is 8.00. The molecular weight excluding hydrogens is 645 g/mol. The number of hydrogen-bond acceptors (Lipinski definition) is 6. The summed E-state index contributed by atoms with van der Waals surface area (Å²) in [6.07, 6.45) is 5.42. The molecule has 0 spiro atoms. The number of carboxylic acids is 2. The van der Waals surface area contributed by atoms with Crippen molar-refractivity contribution in [3.63, 3.8) is 0 Å². The topological polar surface area (TPSA) is 115 Å². The molecule has 2 aliphatic heterocycles. The van der Waals surface area contributed by atoms with E-state index < -0.39 is 24.0 Å². The first-order valence-corrected chi connectivity index (χ1v) is 18.7. The molecular formula is C38H40N2O6S2. The molecule has 48 heavy (non-hydrogen) atoms. The molecule has 10 heteroatoms. The zero-order chi connectivity index (χ0) is 33.6. The van der Waals surface area contributed by atoms with Gasteiger partial charge in [0.1, 0.15) is 22.8 Å². The SMILES string of the molecule is O=C(O)[C@@H]1CSC(c2cccc3ccccc23)N1C(=O)CCCCCCCCC(=O)N1C(c2cccc3ccccc23)SC[C@H]1C(=O)O. The lowest BCUT2D eigenvalue weighted by atomic mass is 10.0. The quantitative estimate of drug-likeness (QED) is 0.137. The summed E-state index contributed by atoms with van der Waals surface area (Å²) >= 11 is 3.01. The Hall–Kier alpha value is -4.02. The van der Waals surface area contributed by atoms with E-state index in [4.69, 9.17) is 0 Å². The maximum absolute atomic E-state index is 13.5. The molecule has 2 aliphatic rings. The number of amides is 2. The summed E-state index contributed by atoms with van der Waals surface area (Å²) in [7, 11) is 0. The van der Waals surface area contributed by atoms with Crippen LogP contribution in [0.2, 0.25) is 0 Å². The summed E-state index contributed by atoms with van der Waals surface area (Å²) in [5.41, 5.74) is 1.94. The Kier molecular flexibility index (Phi) is 10.9. The molecule has 0 bridgehead atoms. The van der Waals surface area contributed by atoms with Crippen molar-refractivity contribution in [1.82, 2.24) is 9.80 Å². The van der Waals surface area contributed by atoms with Gasteiger partial charge < -0.3 is 20.0 Å². The number of aliphatic carboxylic acids is 2.